The van der Waals surface area contributed by atoms with E-state index in [1.807, 2.05) is 65.0 Å². The van der Waals surface area contributed by atoms with E-state index in [1.54, 1.807) is 7.05 Å². The predicted octanol–water partition coefficient (Wildman–Crippen LogP) is 2.17. The third-order valence-electron chi connectivity index (χ3n) is 5.63. The van der Waals surface area contributed by atoms with Crippen LogP contribution < -0.4 is 16.3 Å². The van der Waals surface area contributed by atoms with E-state index in [0.29, 0.717) is 30.2 Å². The van der Waals surface area contributed by atoms with Crippen LogP contribution in [0.3, 0.4) is 0 Å². The van der Waals surface area contributed by atoms with Crippen LogP contribution in [0.2, 0.25) is 0 Å². The maximum absolute atomic E-state index is 13.0. The Labute approximate surface area is 178 Å². The maximum Gasteiger partial charge on any atom is 0.332 e. The van der Waals surface area contributed by atoms with Gasteiger partial charge in [-0.25, -0.2) is 9.80 Å². The summed E-state index contributed by atoms with van der Waals surface area (Å²) in [4.78, 5) is 30.1. The summed E-state index contributed by atoms with van der Waals surface area (Å²) in [5.41, 5.74) is 4.05. The summed E-state index contributed by atoms with van der Waals surface area (Å²) < 4.78 is 4.40. The van der Waals surface area contributed by atoms with Crippen molar-refractivity contribution in [3.63, 3.8) is 0 Å². The minimum absolute atomic E-state index is 0.360. The lowest BCUT2D eigenvalue weighted by Gasteiger charge is -2.26. The fraction of sp³-hybridized carbons (Fsp3) is 0.217. The van der Waals surface area contributed by atoms with Crippen LogP contribution in [0.15, 0.2) is 69.3 Å². The van der Waals surface area contributed by atoms with Gasteiger partial charge in [-0.15, -0.1) is 0 Å². The molecule has 3 heterocycles. The quantitative estimate of drug-likeness (QED) is 0.515. The van der Waals surface area contributed by atoms with Gasteiger partial charge in [0.1, 0.15) is 0 Å². The zero-order valence-corrected chi connectivity index (χ0v) is 17.6. The Morgan fingerprint density at radius 1 is 0.968 bits per heavy atom. The second kappa shape index (κ2) is 7.09. The van der Waals surface area contributed by atoms with Gasteiger partial charge in [0, 0.05) is 14.1 Å². The predicted molar refractivity (Wildman–Crippen MR) is 121 cm³/mol. The molecule has 1 aliphatic heterocycles. The summed E-state index contributed by atoms with van der Waals surface area (Å²) in [6, 6.07) is 18.1. The second-order valence-corrected chi connectivity index (χ2v) is 7.84. The van der Waals surface area contributed by atoms with Crippen LogP contribution in [-0.2, 0) is 27.2 Å². The van der Waals surface area contributed by atoms with E-state index in [9.17, 15) is 9.59 Å². The van der Waals surface area contributed by atoms with E-state index in [4.69, 9.17) is 5.10 Å². The van der Waals surface area contributed by atoms with Gasteiger partial charge in [0.2, 0.25) is 5.95 Å². The number of aryl methyl sites for hydroxylation is 2. The van der Waals surface area contributed by atoms with Crippen molar-refractivity contribution < 1.29 is 0 Å². The number of hydrogen-bond donors (Lipinski definition) is 0. The van der Waals surface area contributed by atoms with E-state index >= 15 is 0 Å². The first-order chi connectivity index (χ1) is 14.9. The molecule has 8 nitrogen and oxygen atoms in total. The lowest BCUT2D eigenvalue weighted by Crippen LogP contribution is -2.38. The van der Waals surface area contributed by atoms with Crippen molar-refractivity contribution in [2.24, 2.45) is 19.2 Å². The molecule has 0 N–H and O–H groups in total. The van der Waals surface area contributed by atoms with Gasteiger partial charge in [-0.1, -0.05) is 60.2 Å². The molecule has 0 saturated heterocycles. The van der Waals surface area contributed by atoms with Gasteiger partial charge in [-0.2, -0.15) is 10.1 Å². The number of hydrazone groups is 1. The molecule has 0 unspecified atom stereocenters. The largest absolute Gasteiger partial charge is 0.332 e. The normalized spacial score (nSPS) is 13.4. The molecule has 0 bridgehead atoms. The summed E-state index contributed by atoms with van der Waals surface area (Å²) in [6.07, 6.45) is 0. The van der Waals surface area contributed by atoms with Crippen LogP contribution in [0.25, 0.3) is 11.2 Å². The Morgan fingerprint density at radius 2 is 1.74 bits per heavy atom. The molecule has 0 aliphatic carbocycles. The van der Waals surface area contributed by atoms with Crippen LogP contribution >= 0.6 is 0 Å². The van der Waals surface area contributed by atoms with Crippen LogP contribution in [0, 0.1) is 6.92 Å². The molecule has 0 spiro atoms. The van der Waals surface area contributed by atoms with Crippen molar-refractivity contribution >= 4 is 22.8 Å². The number of rotatable bonds is 3. The molecule has 5 rings (SSSR count). The van der Waals surface area contributed by atoms with Crippen molar-refractivity contribution in [2.75, 3.05) is 5.01 Å². The number of anilines is 1. The Morgan fingerprint density at radius 3 is 2.48 bits per heavy atom. The van der Waals surface area contributed by atoms with Crippen molar-refractivity contribution in [3.05, 3.63) is 92.1 Å². The molecule has 1 aliphatic rings. The minimum Gasteiger partial charge on any atom is -0.297 e. The Kier molecular flexibility index (Phi) is 4.35. The molecule has 0 radical (unpaired) electrons. The summed E-state index contributed by atoms with van der Waals surface area (Å²) >= 11 is 0. The fourth-order valence-electron chi connectivity index (χ4n) is 4.02. The molecule has 0 atom stereocenters. The van der Waals surface area contributed by atoms with E-state index in [1.165, 1.54) is 11.6 Å². The van der Waals surface area contributed by atoms with Crippen molar-refractivity contribution in [1.82, 2.24) is 18.7 Å². The third-order valence-corrected chi connectivity index (χ3v) is 5.63. The molecule has 0 fully saturated rings. The molecular formula is C23H22N6O2. The highest BCUT2D eigenvalue weighted by molar-refractivity contribution is 6.02. The second-order valence-electron chi connectivity index (χ2n) is 7.84. The number of hydrogen-bond acceptors (Lipinski definition) is 5. The lowest BCUT2D eigenvalue weighted by molar-refractivity contribution is 0.699. The fourth-order valence-corrected chi connectivity index (χ4v) is 4.02. The lowest BCUT2D eigenvalue weighted by atomic mass is 10.1. The standard InChI is InChI=1S/C23H22N6O2/c1-15-8-7-9-16(12-15)13-29-22-24-20-19(21(30)27(3)23(31)26(20)2)28(22)14-18(25-29)17-10-5-4-6-11-17/h4-12H,13-14H2,1-3H3. The van der Waals surface area contributed by atoms with E-state index in [0.717, 1.165) is 27.0 Å². The highest BCUT2D eigenvalue weighted by Crippen LogP contribution is 2.27. The average molecular weight is 414 g/mol. The summed E-state index contributed by atoms with van der Waals surface area (Å²) in [5, 5.41) is 6.70. The zero-order chi connectivity index (χ0) is 21.7. The van der Waals surface area contributed by atoms with Gasteiger partial charge in [-0.3, -0.25) is 18.5 Å². The minimum atomic E-state index is -0.401. The topological polar surface area (TPSA) is 77.4 Å². The number of benzene rings is 2. The van der Waals surface area contributed by atoms with E-state index in [2.05, 4.69) is 11.1 Å². The zero-order valence-electron chi connectivity index (χ0n) is 17.6. The number of fused-ring (bicyclic) bond motifs is 3. The maximum atomic E-state index is 13.0. The Hall–Kier alpha value is -3.94. The summed E-state index contributed by atoms with van der Waals surface area (Å²) in [6.45, 7) is 2.94. The average Bonchev–Trinajstić information content (AvgIpc) is 3.17. The van der Waals surface area contributed by atoms with Crippen LogP contribution in [0.5, 0.6) is 0 Å². The smallest absolute Gasteiger partial charge is 0.297 e. The molecule has 2 aromatic heterocycles. The number of imidazole rings is 1. The molecule has 8 heteroatoms. The summed E-state index contributed by atoms with van der Waals surface area (Å²) in [5.74, 6) is 0.550. The Bertz CT molecular complexity index is 1460. The first-order valence-electron chi connectivity index (χ1n) is 10.1. The van der Waals surface area contributed by atoms with Gasteiger partial charge in [0.15, 0.2) is 11.2 Å². The van der Waals surface area contributed by atoms with Crippen molar-refractivity contribution in [3.8, 4) is 0 Å². The van der Waals surface area contributed by atoms with Gasteiger partial charge in [0.05, 0.1) is 18.8 Å². The van der Waals surface area contributed by atoms with Crippen LogP contribution in [0.1, 0.15) is 16.7 Å². The third kappa shape index (κ3) is 3.07. The van der Waals surface area contributed by atoms with Gasteiger partial charge >= 0.3 is 5.69 Å². The number of nitrogens with zero attached hydrogens (tertiary/aromatic N) is 6. The van der Waals surface area contributed by atoms with E-state index in [-0.39, 0.29) is 5.56 Å². The first-order valence-corrected chi connectivity index (χ1v) is 10.1. The van der Waals surface area contributed by atoms with Crippen molar-refractivity contribution in [2.45, 2.75) is 20.0 Å². The molecule has 4 aromatic rings. The molecule has 156 valence electrons. The van der Waals surface area contributed by atoms with Gasteiger partial charge in [-0.05, 0) is 18.1 Å². The molecule has 31 heavy (non-hydrogen) atoms. The Balaban J connectivity index is 1.74. The highest BCUT2D eigenvalue weighted by Gasteiger charge is 2.27. The SMILES string of the molecule is Cc1cccc(CN2N=C(c3ccccc3)Cn3c2nc2c3c(=O)n(C)c(=O)n2C)c1. The van der Waals surface area contributed by atoms with Crippen LogP contribution in [-0.4, -0.2) is 24.4 Å². The van der Waals surface area contributed by atoms with Crippen molar-refractivity contribution in [1.29, 1.82) is 0 Å². The molecular weight excluding hydrogens is 392 g/mol. The molecule has 0 amide bonds. The highest BCUT2D eigenvalue weighted by atomic mass is 16.2. The van der Waals surface area contributed by atoms with Gasteiger partial charge < -0.3 is 0 Å². The van der Waals surface area contributed by atoms with Gasteiger partial charge in [0.25, 0.3) is 5.56 Å². The molecule has 2 aromatic carbocycles. The van der Waals surface area contributed by atoms with Crippen LogP contribution in [0.4, 0.5) is 5.95 Å². The van der Waals surface area contributed by atoms with E-state index < -0.39 is 5.69 Å². The summed E-state index contributed by atoms with van der Waals surface area (Å²) in [7, 11) is 3.12. The number of aromatic nitrogens is 4. The monoisotopic (exact) mass is 414 g/mol. The first kappa shape index (κ1) is 19.0. The molecule has 0 saturated carbocycles.